The smallest absolute Gasteiger partial charge is 0.126 e. The van der Waals surface area contributed by atoms with Crippen LogP contribution in [0, 0.1) is 0 Å². The second-order valence-corrected chi connectivity index (χ2v) is 2.65. The lowest BCUT2D eigenvalue weighted by molar-refractivity contribution is 0.304. The van der Waals surface area contributed by atoms with Crippen molar-refractivity contribution in [2.45, 2.75) is 13.3 Å². The number of hydrogen-bond donors (Lipinski definition) is 0. The topological polar surface area (TPSA) is 9.23 Å². The van der Waals surface area contributed by atoms with Gasteiger partial charge < -0.3 is 4.74 Å². The van der Waals surface area contributed by atoms with Gasteiger partial charge in [-0.3, -0.25) is 0 Å². The van der Waals surface area contributed by atoms with Gasteiger partial charge in [-0.15, -0.1) is 0 Å². The van der Waals surface area contributed by atoms with Gasteiger partial charge in [-0.2, -0.15) is 0 Å². The first-order chi connectivity index (χ1) is 5.63. The van der Waals surface area contributed by atoms with Gasteiger partial charge in [-0.25, -0.2) is 8.78 Å². The highest BCUT2D eigenvalue weighted by Crippen LogP contribution is 2.24. The summed E-state index contributed by atoms with van der Waals surface area (Å²) in [5.41, 5.74) is 0.385. The fourth-order valence-electron chi connectivity index (χ4n) is 0.951. The maximum absolute atomic E-state index is 13.0. The monoisotopic (exact) mass is 172 g/mol. The van der Waals surface area contributed by atoms with Crippen molar-refractivity contribution in [2.75, 3.05) is 7.11 Å². The minimum Gasteiger partial charge on any atom is -0.497 e. The maximum Gasteiger partial charge on any atom is 0.126 e. The summed E-state index contributed by atoms with van der Waals surface area (Å²) < 4.78 is 30.5. The van der Waals surface area contributed by atoms with E-state index in [4.69, 9.17) is 4.74 Å². The van der Waals surface area contributed by atoms with E-state index in [9.17, 15) is 8.78 Å². The lowest BCUT2D eigenvalue weighted by Gasteiger charge is -1.96. The highest BCUT2D eigenvalue weighted by atomic mass is 19.1. The molecule has 0 bridgehead atoms. The first-order valence-corrected chi connectivity index (χ1v) is 3.60. The fraction of sp³-hybridized carbons (Fsp3) is 0.333. The van der Waals surface area contributed by atoms with Crippen molar-refractivity contribution in [1.29, 1.82) is 0 Å². The first-order valence-electron chi connectivity index (χ1n) is 3.60. The van der Waals surface area contributed by atoms with Crippen molar-refractivity contribution in [1.82, 2.24) is 0 Å². The predicted molar refractivity (Wildman–Crippen MR) is 42.7 cm³/mol. The van der Waals surface area contributed by atoms with Crippen LogP contribution in [0.15, 0.2) is 35.1 Å². The molecule has 1 nitrogen and oxygen atoms in total. The Hall–Kier alpha value is -1.12. The molecular weight excluding hydrogens is 162 g/mol. The molecule has 3 heteroatoms. The molecule has 0 atom stereocenters. The largest absolute Gasteiger partial charge is 0.497 e. The molecule has 0 spiro atoms. The van der Waals surface area contributed by atoms with Crippen LogP contribution < -0.4 is 0 Å². The Labute approximate surface area is 70.0 Å². The molecule has 0 saturated carbocycles. The van der Waals surface area contributed by atoms with E-state index in [0.29, 0.717) is 5.57 Å². The molecule has 0 heterocycles. The van der Waals surface area contributed by atoms with Gasteiger partial charge in [0.1, 0.15) is 17.4 Å². The number of halogens is 2. The zero-order chi connectivity index (χ0) is 9.14. The predicted octanol–water partition coefficient (Wildman–Crippen LogP) is 3.02. The van der Waals surface area contributed by atoms with Crippen LogP contribution in [0.1, 0.15) is 13.3 Å². The van der Waals surface area contributed by atoms with E-state index in [2.05, 4.69) is 0 Å². The van der Waals surface area contributed by atoms with Crippen LogP contribution >= 0.6 is 0 Å². The van der Waals surface area contributed by atoms with Crippen LogP contribution in [0.25, 0.3) is 0 Å². The molecule has 0 aromatic rings. The van der Waals surface area contributed by atoms with Gasteiger partial charge in [0.15, 0.2) is 0 Å². The van der Waals surface area contributed by atoms with Crippen LogP contribution in [0.2, 0.25) is 0 Å². The Morgan fingerprint density at radius 2 is 2.00 bits per heavy atom. The average Bonchev–Trinajstić information content (AvgIpc) is 2.12. The van der Waals surface area contributed by atoms with Gasteiger partial charge in [0, 0.05) is 18.6 Å². The number of methoxy groups -OCH3 is 1. The van der Waals surface area contributed by atoms with E-state index in [1.54, 1.807) is 6.92 Å². The van der Waals surface area contributed by atoms with E-state index in [0.717, 1.165) is 0 Å². The molecular formula is C9H10F2O. The Bertz CT molecular complexity index is 274. The molecule has 0 aromatic heterocycles. The molecule has 1 aliphatic rings. The van der Waals surface area contributed by atoms with Crippen molar-refractivity contribution >= 4 is 0 Å². The molecule has 1 aliphatic carbocycles. The summed E-state index contributed by atoms with van der Waals surface area (Å²) in [6.07, 6.45) is 2.40. The third kappa shape index (κ3) is 1.94. The third-order valence-electron chi connectivity index (χ3n) is 1.65. The van der Waals surface area contributed by atoms with E-state index in [1.807, 2.05) is 0 Å². The standard InChI is InChI=1S/C9H10F2O/c1-6-3-7(10)4-8(12-2)5-9(6)11/h4-5H,3H2,1-2H3. The van der Waals surface area contributed by atoms with Crippen molar-refractivity contribution in [3.05, 3.63) is 35.1 Å². The van der Waals surface area contributed by atoms with Crippen molar-refractivity contribution in [3.63, 3.8) is 0 Å². The Morgan fingerprint density at radius 3 is 2.58 bits per heavy atom. The normalized spacial score (nSPS) is 18.3. The Morgan fingerprint density at radius 1 is 1.33 bits per heavy atom. The summed E-state index contributed by atoms with van der Waals surface area (Å²) in [5.74, 6) is -0.592. The number of allylic oxidation sites excluding steroid dienone is 5. The Kier molecular flexibility index (Phi) is 2.63. The molecule has 0 fully saturated rings. The van der Waals surface area contributed by atoms with Gasteiger partial charge in [-0.05, 0) is 12.5 Å². The summed E-state index contributed by atoms with van der Waals surface area (Å²) in [6.45, 7) is 1.55. The van der Waals surface area contributed by atoms with Crippen LogP contribution in [-0.2, 0) is 4.74 Å². The minimum absolute atomic E-state index is 0.0230. The van der Waals surface area contributed by atoms with Crippen LogP contribution in [0.5, 0.6) is 0 Å². The highest BCUT2D eigenvalue weighted by Gasteiger charge is 2.09. The zero-order valence-corrected chi connectivity index (χ0v) is 7.03. The average molecular weight is 172 g/mol. The number of hydrogen-bond acceptors (Lipinski definition) is 1. The van der Waals surface area contributed by atoms with Gasteiger partial charge in [0.25, 0.3) is 0 Å². The zero-order valence-electron chi connectivity index (χ0n) is 7.03. The molecule has 66 valence electrons. The summed E-state index contributed by atoms with van der Waals surface area (Å²) in [4.78, 5) is 0. The second-order valence-electron chi connectivity index (χ2n) is 2.65. The van der Waals surface area contributed by atoms with E-state index < -0.39 is 5.83 Å². The first kappa shape index (κ1) is 8.97. The Balaban J connectivity index is 3.02. The molecule has 0 unspecified atom stereocenters. The molecule has 1 rings (SSSR count). The molecule has 0 radical (unpaired) electrons. The quantitative estimate of drug-likeness (QED) is 0.590. The molecule has 0 aromatic carbocycles. The third-order valence-corrected chi connectivity index (χ3v) is 1.65. The van der Waals surface area contributed by atoms with Crippen LogP contribution in [0.4, 0.5) is 8.78 Å². The fourth-order valence-corrected chi connectivity index (χ4v) is 0.951. The van der Waals surface area contributed by atoms with E-state index >= 15 is 0 Å². The van der Waals surface area contributed by atoms with Crippen molar-refractivity contribution in [2.24, 2.45) is 0 Å². The molecule has 0 saturated heterocycles. The summed E-state index contributed by atoms with van der Waals surface area (Å²) in [5, 5.41) is 0. The lowest BCUT2D eigenvalue weighted by atomic mass is 10.2. The SMILES string of the molecule is COC1=CC(F)=C(C)CC(F)=C1. The van der Waals surface area contributed by atoms with Crippen LogP contribution in [-0.4, -0.2) is 7.11 Å². The van der Waals surface area contributed by atoms with Gasteiger partial charge in [0.2, 0.25) is 0 Å². The molecule has 12 heavy (non-hydrogen) atoms. The highest BCUT2D eigenvalue weighted by molar-refractivity contribution is 5.32. The van der Waals surface area contributed by atoms with Gasteiger partial charge >= 0.3 is 0 Å². The van der Waals surface area contributed by atoms with Crippen molar-refractivity contribution in [3.8, 4) is 0 Å². The summed E-state index contributed by atoms with van der Waals surface area (Å²) >= 11 is 0. The number of ether oxygens (including phenoxy) is 1. The second kappa shape index (κ2) is 3.52. The number of rotatable bonds is 1. The molecule has 0 amide bonds. The molecule has 0 N–H and O–H groups in total. The van der Waals surface area contributed by atoms with Gasteiger partial charge in [-0.1, -0.05) is 0 Å². The summed E-state index contributed by atoms with van der Waals surface area (Å²) in [7, 11) is 1.38. The van der Waals surface area contributed by atoms with E-state index in [-0.39, 0.29) is 18.0 Å². The lowest BCUT2D eigenvalue weighted by Crippen LogP contribution is -1.81. The molecule has 0 aliphatic heterocycles. The summed E-state index contributed by atoms with van der Waals surface area (Å²) in [6, 6.07) is 0. The van der Waals surface area contributed by atoms with Crippen LogP contribution in [0.3, 0.4) is 0 Å². The van der Waals surface area contributed by atoms with Crippen molar-refractivity contribution < 1.29 is 13.5 Å². The van der Waals surface area contributed by atoms with Gasteiger partial charge in [0.05, 0.1) is 7.11 Å². The van der Waals surface area contributed by atoms with E-state index in [1.165, 1.54) is 19.3 Å². The maximum atomic E-state index is 13.0. The minimum atomic E-state index is -0.421.